The van der Waals surface area contributed by atoms with Crippen molar-refractivity contribution in [3.63, 3.8) is 0 Å². The Hall–Kier alpha value is -0.910. The number of hydrogen-bond donors (Lipinski definition) is 1. The fraction of sp³-hybridized carbons (Fsp3) is 0.769. The van der Waals surface area contributed by atoms with E-state index in [1.54, 1.807) is 4.68 Å². The number of nitrogens with two attached hydrogens (primary N) is 1. The molecule has 0 bridgehead atoms. The van der Waals surface area contributed by atoms with Crippen LogP contribution < -0.4 is 5.73 Å². The summed E-state index contributed by atoms with van der Waals surface area (Å²) in [5.41, 5.74) is 7.25. The second-order valence-corrected chi connectivity index (χ2v) is 4.89. The van der Waals surface area contributed by atoms with Gasteiger partial charge in [0.15, 0.2) is 0 Å². The van der Waals surface area contributed by atoms with Crippen LogP contribution in [0.3, 0.4) is 0 Å². The Morgan fingerprint density at radius 2 is 2.28 bits per heavy atom. The lowest BCUT2D eigenvalue weighted by Gasteiger charge is -2.30. The number of aryl methyl sites for hydroxylation is 1. The van der Waals surface area contributed by atoms with E-state index in [4.69, 9.17) is 15.2 Å². The van der Waals surface area contributed by atoms with Crippen LogP contribution in [0.25, 0.3) is 0 Å². The maximum atomic E-state index is 6.19. The van der Waals surface area contributed by atoms with Gasteiger partial charge in [-0.1, -0.05) is 6.92 Å². The molecule has 18 heavy (non-hydrogen) atoms. The zero-order valence-corrected chi connectivity index (χ0v) is 11.2. The van der Waals surface area contributed by atoms with Crippen LogP contribution in [-0.4, -0.2) is 35.1 Å². The number of aromatic nitrogens is 2. The quantitative estimate of drug-likeness (QED) is 0.861. The lowest BCUT2D eigenvalue weighted by Crippen LogP contribution is -2.34. The molecule has 1 aromatic rings. The normalized spacial score (nSPS) is 20.8. The second-order valence-electron chi connectivity index (χ2n) is 4.89. The molecule has 0 spiro atoms. The lowest BCUT2D eigenvalue weighted by molar-refractivity contribution is -0.0778. The first kappa shape index (κ1) is 13.5. The molecule has 0 radical (unpaired) electrons. The summed E-state index contributed by atoms with van der Waals surface area (Å²) in [4.78, 5) is 0. The van der Waals surface area contributed by atoms with Crippen LogP contribution in [-0.2, 0) is 16.5 Å². The Morgan fingerprint density at radius 1 is 1.56 bits per heavy atom. The molecule has 2 atom stereocenters. The maximum Gasteiger partial charge on any atom is 0.101 e. The van der Waals surface area contributed by atoms with Crippen molar-refractivity contribution in [3.8, 4) is 0 Å². The van der Waals surface area contributed by atoms with Gasteiger partial charge in [-0.3, -0.25) is 4.68 Å². The van der Waals surface area contributed by atoms with Crippen molar-refractivity contribution < 1.29 is 9.47 Å². The second kappa shape index (κ2) is 6.31. The number of ether oxygens (including phenoxy) is 2. The van der Waals surface area contributed by atoms with Crippen LogP contribution in [0.4, 0.5) is 0 Å². The number of nitrogens with zero attached hydrogens (tertiary/aromatic N) is 2. The van der Waals surface area contributed by atoms with E-state index in [1.165, 1.54) is 0 Å². The third kappa shape index (κ3) is 3.31. The van der Waals surface area contributed by atoms with Gasteiger partial charge in [-0.05, 0) is 19.3 Å². The third-order valence-electron chi connectivity index (χ3n) is 3.42. The molecule has 0 amide bonds. The summed E-state index contributed by atoms with van der Waals surface area (Å²) in [5, 5.41) is 4.20. The smallest absolute Gasteiger partial charge is 0.101 e. The molecule has 1 aliphatic rings. The summed E-state index contributed by atoms with van der Waals surface area (Å²) in [5.74, 6) is 0. The molecule has 1 saturated heterocycles. The molecule has 2 rings (SSSR count). The summed E-state index contributed by atoms with van der Waals surface area (Å²) < 4.78 is 13.3. The molecule has 102 valence electrons. The van der Waals surface area contributed by atoms with Gasteiger partial charge in [-0.25, -0.2) is 0 Å². The minimum atomic E-state index is -0.0631. The molecule has 1 aliphatic heterocycles. The van der Waals surface area contributed by atoms with Crippen LogP contribution in [0.2, 0.25) is 0 Å². The highest BCUT2D eigenvalue weighted by atomic mass is 16.5. The van der Waals surface area contributed by atoms with Crippen molar-refractivity contribution >= 4 is 0 Å². The van der Waals surface area contributed by atoms with Gasteiger partial charge < -0.3 is 15.2 Å². The number of hydrogen-bond acceptors (Lipinski definition) is 4. The van der Waals surface area contributed by atoms with E-state index in [0.717, 1.165) is 38.0 Å². The fourth-order valence-corrected chi connectivity index (χ4v) is 2.25. The molecule has 2 N–H and O–H groups in total. The molecule has 1 fully saturated rings. The third-order valence-corrected chi connectivity index (χ3v) is 3.42. The van der Waals surface area contributed by atoms with Crippen molar-refractivity contribution in [2.45, 2.75) is 44.4 Å². The van der Waals surface area contributed by atoms with Crippen molar-refractivity contribution in [3.05, 3.63) is 18.0 Å². The highest BCUT2D eigenvalue weighted by Gasteiger charge is 2.25. The lowest BCUT2D eigenvalue weighted by atomic mass is 10.0. The van der Waals surface area contributed by atoms with E-state index in [-0.39, 0.29) is 18.2 Å². The molecular formula is C13H23N3O2. The molecule has 0 aliphatic carbocycles. The predicted molar refractivity (Wildman–Crippen MR) is 69.1 cm³/mol. The monoisotopic (exact) mass is 253 g/mol. The molecule has 5 heteroatoms. The van der Waals surface area contributed by atoms with Crippen molar-refractivity contribution in [1.29, 1.82) is 0 Å². The van der Waals surface area contributed by atoms with Gasteiger partial charge in [0.25, 0.3) is 0 Å². The van der Waals surface area contributed by atoms with E-state index in [0.29, 0.717) is 0 Å². The van der Waals surface area contributed by atoms with Crippen LogP contribution in [0.15, 0.2) is 12.4 Å². The van der Waals surface area contributed by atoms with Gasteiger partial charge in [0.1, 0.15) is 6.10 Å². The number of rotatable bonds is 5. The Morgan fingerprint density at radius 3 is 2.83 bits per heavy atom. The van der Waals surface area contributed by atoms with Crippen LogP contribution in [0.1, 0.15) is 37.9 Å². The van der Waals surface area contributed by atoms with E-state index >= 15 is 0 Å². The van der Waals surface area contributed by atoms with Gasteiger partial charge in [0.2, 0.25) is 0 Å². The van der Waals surface area contributed by atoms with Crippen molar-refractivity contribution in [2.75, 3.05) is 13.2 Å². The molecule has 2 heterocycles. The highest BCUT2D eigenvalue weighted by molar-refractivity contribution is 5.11. The maximum absolute atomic E-state index is 6.19. The van der Waals surface area contributed by atoms with Gasteiger partial charge in [0, 0.05) is 38.1 Å². The first-order valence-corrected chi connectivity index (χ1v) is 6.68. The summed E-state index contributed by atoms with van der Waals surface area (Å²) in [6.07, 6.45) is 6.82. The fourth-order valence-electron chi connectivity index (χ4n) is 2.25. The van der Waals surface area contributed by atoms with Gasteiger partial charge in [0.05, 0.1) is 12.3 Å². The molecule has 0 saturated carbocycles. The molecule has 5 nitrogen and oxygen atoms in total. The summed E-state index contributed by atoms with van der Waals surface area (Å²) in [6.45, 7) is 3.65. The van der Waals surface area contributed by atoms with Crippen LogP contribution >= 0.6 is 0 Å². The Bertz CT molecular complexity index is 361. The molecule has 1 aromatic heterocycles. The Kier molecular flexibility index (Phi) is 4.74. The minimum Gasteiger partial charge on any atom is -0.381 e. The van der Waals surface area contributed by atoms with Gasteiger partial charge in [-0.15, -0.1) is 0 Å². The summed E-state index contributed by atoms with van der Waals surface area (Å²) in [7, 11) is 1.91. The predicted octanol–water partition coefficient (Wildman–Crippen LogP) is 1.39. The summed E-state index contributed by atoms with van der Waals surface area (Å²) >= 11 is 0. The minimum absolute atomic E-state index is 0.0112. The van der Waals surface area contributed by atoms with E-state index in [2.05, 4.69) is 12.0 Å². The van der Waals surface area contributed by atoms with Crippen molar-refractivity contribution in [1.82, 2.24) is 9.78 Å². The zero-order valence-electron chi connectivity index (χ0n) is 11.2. The molecule has 0 aromatic carbocycles. The SMILES string of the molecule is CCC(N)C(OC1CCOCC1)c1cnn(C)c1. The highest BCUT2D eigenvalue weighted by Crippen LogP contribution is 2.26. The largest absolute Gasteiger partial charge is 0.381 e. The average Bonchev–Trinajstić information content (AvgIpc) is 2.83. The van der Waals surface area contributed by atoms with Crippen molar-refractivity contribution in [2.24, 2.45) is 12.8 Å². The summed E-state index contributed by atoms with van der Waals surface area (Å²) in [6, 6.07) is 0.0112. The van der Waals surface area contributed by atoms with E-state index in [9.17, 15) is 0 Å². The molecular weight excluding hydrogens is 230 g/mol. The molecule has 2 unspecified atom stereocenters. The Balaban J connectivity index is 2.04. The first-order chi connectivity index (χ1) is 8.70. The van der Waals surface area contributed by atoms with Gasteiger partial charge in [-0.2, -0.15) is 5.10 Å². The standard InChI is InChI=1S/C13H23N3O2/c1-3-12(14)13(10-8-15-16(2)9-10)18-11-4-6-17-7-5-11/h8-9,11-13H,3-7,14H2,1-2H3. The Labute approximate surface area is 108 Å². The van der Waals surface area contributed by atoms with E-state index < -0.39 is 0 Å². The van der Waals surface area contributed by atoms with Crippen LogP contribution in [0, 0.1) is 0 Å². The van der Waals surface area contributed by atoms with Crippen LogP contribution in [0.5, 0.6) is 0 Å². The van der Waals surface area contributed by atoms with Gasteiger partial charge >= 0.3 is 0 Å². The topological polar surface area (TPSA) is 62.3 Å². The average molecular weight is 253 g/mol. The first-order valence-electron chi connectivity index (χ1n) is 6.68. The van der Waals surface area contributed by atoms with E-state index in [1.807, 2.05) is 19.4 Å². The zero-order chi connectivity index (χ0) is 13.0.